The lowest BCUT2D eigenvalue weighted by molar-refractivity contribution is -0.142. The van der Waals surface area contributed by atoms with Crippen molar-refractivity contribution < 1.29 is 18.0 Å². The summed E-state index contributed by atoms with van der Waals surface area (Å²) in [6.07, 6.45) is -0.242. The number of nitrogens with one attached hydrogen (secondary N) is 1. The Morgan fingerprint density at radius 1 is 1.21 bits per heavy atom. The number of imidazole rings is 1. The smallest absolute Gasteiger partial charge is 0.337 e. The van der Waals surface area contributed by atoms with Crippen LogP contribution in [0, 0.1) is 17.8 Å². The standard InChI is InChI=1S/C23H20F3N9O3S/c1-9(35-8-29-17-16(35)20(37)34(7-23(24,25)26)22(38)32(17)2)18(36)30-12-6-39-19(31-12)10-3-27-21(28-4-10)33-5-11-13-14(11)15(13)33/h3-4,6,8-9,11,13-15H,5,7H2,1-2H3,(H,30,36)/t9-,11?,13?,14?,15?/m0/s1. The number of hydrogen-bond donors (Lipinski definition) is 1. The SMILES string of the molecule is C[C@@H](C(=O)Nc1csc(-c2cnc(N3CC4C5C4C53)nc2)n1)n1cnc2c1c(=O)n(CC(F)(F)F)c(=O)n2C. The van der Waals surface area contributed by atoms with E-state index >= 15 is 0 Å². The number of piperidine rings is 1. The lowest BCUT2D eigenvalue weighted by atomic mass is 10.2. The van der Waals surface area contributed by atoms with Crippen LogP contribution in [0.1, 0.15) is 13.0 Å². The number of amides is 1. The molecule has 1 amide bonds. The maximum atomic E-state index is 13.0. The fraction of sp³-hybridized carbons (Fsp3) is 0.435. The molecule has 4 aromatic rings. The van der Waals surface area contributed by atoms with E-state index in [2.05, 4.69) is 30.2 Å². The number of carbonyl (C=O) groups excluding carboxylic acids is 1. The number of carbonyl (C=O) groups is 1. The molecule has 8 rings (SSSR count). The molecule has 4 aliphatic rings. The van der Waals surface area contributed by atoms with Gasteiger partial charge in [-0.15, -0.1) is 11.3 Å². The molecule has 0 spiro atoms. The Morgan fingerprint density at radius 2 is 1.92 bits per heavy atom. The van der Waals surface area contributed by atoms with E-state index in [4.69, 9.17) is 0 Å². The van der Waals surface area contributed by atoms with Gasteiger partial charge in [0, 0.05) is 43.0 Å². The number of fused-ring (bicyclic) bond motifs is 2. The largest absolute Gasteiger partial charge is 0.406 e. The number of aryl methyl sites for hydroxylation is 1. The number of halogens is 3. The maximum absolute atomic E-state index is 13.0. The van der Waals surface area contributed by atoms with Crippen LogP contribution < -0.4 is 21.5 Å². The highest BCUT2D eigenvalue weighted by molar-refractivity contribution is 7.13. The second kappa shape index (κ2) is 7.97. The van der Waals surface area contributed by atoms with Gasteiger partial charge in [-0.3, -0.25) is 14.2 Å². The molecule has 4 fully saturated rings. The molecule has 39 heavy (non-hydrogen) atoms. The highest BCUT2D eigenvalue weighted by atomic mass is 32.1. The number of rotatable bonds is 6. The zero-order valence-electron chi connectivity index (χ0n) is 20.5. The minimum absolute atomic E-state index is 0.0824. The maximum Gasteiger partial charge on any atom is 0.406 e. The van der Waals surface area contributed by atoms with E-state index in [1.165, 1.54) is 25.3 Å². The number of thiazole rings is 1. The monoisotopic (exact) mass is 559 g/mol. The summed E-state index contributed by atoms with van der Waals surface area (Å²) in [7, 11) is 1.21. The Hall–Kier alpha value is -4.08. The third kappa shape index (κ3) is 3.68. The quantitative estimate of drug-likeness (QED) is 0.377. The van der Waals surface area contributed by atoms with Crippen LogP contribution in [-0.4, -0.2) is 58.3 Å². The predicted octanol–water partition coefficient (Wildman–Crippen LogP) is 1.64. The third-order valence-electron chi connectivity index (χ3n) is 7.80. The van der Waals surface area contributed by atoms with Crippen LogP contribution in [0.5, 0.6) is 0 Å². The summed E-state index contributed by atoms with van der Waals surface area (Å²) < 4.78 is 41.1. The molecule has 16 heteroatoms. The summed E-state index contributed by atoms with van der Waals surface area (Å²) in [6, 6.07) is -0.448. The molecule has 6 heterocycles. The van der Waals surface area contributed by atoms with Crippen molar-refractivity contribution in [2.45, 2.75) is 31.7 Å². The third-order valence-corrected chi connectivity index (χ3v) is 8.69. The molecule has 2 saturated heterocycles. The van der Waals surface area contributed by atoms with E-state index in [1.54, 1.807) is 17.8 Å². The molecule has 4 aromatic heterocycles. The molecule has 3 atom stereocenters. The summed E-state index contributed by atoms with van der Waals surface area (Å²) in [4.78, 5) is 57.9. The Labute approximate surface area is 220 Å². The molecule has 0 aromatic carbocycles. The zero-order chi connectivity index (χ0) is 27.4. The summed E-state index contributed by atoms with van der Waals surface area (Å²) >= 11 is 1.28. The predicted molar refractivity (Wildman–Crippen MR) is 133 cm³/mol. The highest BCUT2D eigenvalue weighted by Crippen LogP contribution is 2.75. The number of hydrogen-bond acceptors (Lipinski definition) is 9. The Bertz CT molecular complexity index is 1760. The van der Waals surface area contributed by atoms with Crippen molar-refractivity contribution in [3.63, 3.8) is 0 Å². The summed E-state index contributed by atoms with van der Waals surface area (Å²) in [6.45, 7) is 0.718. The van der Waals surface area contributed by atoms with Crippen molar-refractivity contribution in [3.05, 3.63) is 44.9 Å². The summed E-state index contributed by atoms with van der Waals surface area (Å²) in [5.74, 6) is 2.89. The van der Waals surface area contributed by atoms with Crippen LogP contribution in [0.15, 0.2) is 33.7 Å². The highest BCUT2D eigenvalue weighted by Gasteiger charge is 2.81. The van der Waals surface area contributed by atoms with E-state index < -0.39 is 35.9 Å². The van der Waals surface area contributed by atoms with Gasteiger partial charge in [0.2, 0.25) is 11.9 Å². The zero-order valence-corrected chi connectivity index (χ0v) is 21.3. The number of alkyl halides is 3. The molecule has 2 bridgehead atoms. The van der Waals surface area contributed by atoms with Gasteiger partial charge >= 0.3 is 11.9 Å². The first-order valence-electron chi connectivity index (χ1n) is 12.1. The van der Waals surface area contributed by atoms with E-state index in [0.29, 0.717) is 16.6 Å². The van der Waals surface area contributed by atoms with Crippen molar-refractivity contribution in [1.82, 2.24) is 33.6 Å². The Balaban J connectivity index is 1.10. The molecule has 2 aliphatic heterocycles. The average molecular weight is 560 g/mol. The van der Waals surface area contributed by atoms with E-state index in [1.807, 2.05) is 0 Å². The lowest BCUT2D eigenvalue weighted by Gasteiger charge is -2.15. The van der Waals surface area contributed by atoms with Gasteiger partial charge in [0.15, 0.2) is 11.2 Å². The van der Waals surface area contributed by atoms with Gasteiger partial charge in [-0.1, -0.05) is 0 Å². The van der Waals surface area contributed by atoms with Gasteiger partial charge in [0.05, 0.1) is 6.33 Å². The number of aromatic nitrogens is 7. The first-order valence-corrected chi connectivity index (χ1v) is 13.0. The number of anilines is 2. The van der Waals surface area contributed by atoms with Crippen LogP contribution in [-0.2, 0) is 18.4 Å². The molecular formula is C23H20F3N9O3S. The second-order valence-corrected chi connectivity index (χ2v) is 11.0. The molecule has 2 saturated carbocycles. The van der Waals surface area contributed by atoms with Gasteiger partial charge in [-0.05, 0) is 24.7 Å². The lowest BCUT2D eigenvalue weighted by Crippen LogP contribution is -2.43. The van der Waals surface area contributed by atoms with Crippen molar-refractivity contribution in [2.75, 3.05) is 16.8 Å². The molecule has 0 radical (unpaired) electrons. The van der Waals surface area contributed by atoms with Gasteiger partial charge in [-0.2, -0.15) is 13.2 Å². The second-order valence-electron chi connectivity index (χ2n) is 10.1. The minimum atomic E-state index is -4.79. The van der Waals surface area contributed by atoms with Gasteiger partial charge < -0.3 is 14.8 Å². The van der Waals surface area contributed by atoms with E-state index in [9.17, 15) is 27.6 Å². The molecule has 2 aliphatic carbocycles. The van der Waals surface area contributed by atoms with Crippen LogP contribution in [0.4, 0.5) is 24.9 Å². The first-order chi connectivity index (χ1) is 18.5. The van der Waals surface area contributed by atoms with E-state index in [0.717, 1.165) is 45.7 Å². The van der Waals surface area contributed by atoms with Crippen molar-refractivity contribution in [1.29, 1.82) is 0 Å². The van der Waals surface area contributed by atoms with Crippen molar-refractivity contribution in [3.8, 4) is 10.6 Å². The first kappa shape index (κ1) is 24.0. The van der Waals surface area contributed by atoms with E-state index in [-0.39, 0.29) is 21.5 Å². The van der Waals surface area contributed by atoms with Crippen LogP contribution >= 0.6 is 11.3 Å². The fourth-order valence-electron chi connectivity index (χ4n) is 5.66. The normalized spacial score (nSPS) is 23.7. The molecule has 1 N–H and O–H groups in total. The molecule has 202 valence electrons. The molecule has 2 unspecified atom stereocenters. The van der Waals surface area contributed by atoms with Crippen LogP contribution in [0.25, 0.3) is 21.7 Å². The number of nitrogens with zero attached hydrogens (tertiary/aromatic N) is 8. The molecular weight excluding hydrogens is 539 g/mol. The Morgan fingerprint density at radius 3 is 2.56 bits per heavy atom. The van der Waals surface area contributed by atoms with Gasteiger partial charge in [-0.25, -0.2) is 29.3 Å². The summed E-state index contributed by atoms with van der Waals surface area (Å²) in [5, 5.41) is 4.89. The van der Waals surface area contributed by atoms with Crippen LogP contribution in [0.3, 0.4) is 0 Å². The minimum Gasteiger partial charge on any atom is -0.337 e. The topological polar surface area (TPSA) is 133 Å². The van der Waals surface area contributed by atoms with Crippen molar-refractivity contribution in [2.24, 2.45) is 24.8 Å². The van der Waals surface area contributed by atoms with Gasteiger partial charge in [0.1, 0.15) is 23.4 Å². The van der Waals surface area contributed by atoms with Crippen molar-refractivity contribution >= 4 is 40.2 Å². The van der Waals surface area contributed by atoms with Crippen LogP contribution in [0.2, 0.25) is 0 Å². The van der Waals surface area contributed by atoms with Gasteiger partial charge in [0.25, 0.3) is 5.56 Å². The Kier molecular flexibility index (Phi) is 4.90. The average Bonchev–Trinajstić information content (AvgIpc) is 3.42. The fourth-order valence-corrected chi connectivity index (χ4v) is 6.38. The summed E-state index contributed by atoms with van der Waals surface area (Å²) in [5.41, 5.74) is -2.07. The molecule has 12 nitrogen and oxygen atoms in total.